The van der Waals surface area contributed by atoms with Crippen molar-refractivity contribution in [2.24, 2.45) is 0 Å². The first kappa shape index (κ1) is 42.6. The summed E-state index contributed by atoms with van der Waals surface area (Å²) in [7, 11) is 0. The predicted octanol–water partition coefficient (Wildman–Crippen LogP) is 16.9. The van der Waals surface area contributed by atoms with Crippen molar-refractivity contribution in [3.05, 3.63) is 149 Å². The normalized spacial score (nSPS) is 16.5. The Hall–Kier alpha value is -5.78. The molecule has 2 aliphatic heterocycles. The summed E-state index contributed by atoms with van der Waals surface area (Å²) in [6.45, 7) is 30.5. The Kier molecular flexibility index (Phi) is 8.84. The first-order valence-electron chi connectivity index (χ1n) is 24.6. The molecule has 1 aliphatic carbocycles. The number of nitrogens with zero attached hydrogens (tertiary/aromatic N) is 2. The van der Waals surface area contributed by atoms with Gasteiger partial charge in [0.2, 0.25) is 0 Å². The van der Waals surface area contributed by atoms with Gasteiger partial charge in [-0.25, -0.2) is 0 Å². The lowest BCUT2D eigenvalue weighted by Gasteiger charge is -2.46. The summed E-state index contributed by atoms with van der Waals surface area (Å²) < 4.78 is 9.90. The van der Waals surface area contributed by atoms with E-state index in [1.165, 1.54) is 106 Å². The molecule has 0 atom stereocenters. The molecule has 0 N–H and O–H groups in total. The van der Waals surface area contributed by atoms with Gasteiger partial charge >= 0.3 is 6.85 Å². The number of fused-ring (bicyclic) bond motifs is 12. The summed E-state index contributed by atoms with van der Waals surface area (Å²) in [5, 5.41) is 4.98. The summed E-state index contributed by atoms with van der Waals surface area (Å²) in [5.74, 6) is 0. The topological polar surface area (TPSA) is 19.6 Å². The number of hydrogen-bond donors (Lipinski definition) is 0. The van der Waals surface area contributed by atoms with Gasteiger partial charge in [0.25, 0.3) is 0 Å². The molecule has 0 unspecified atom stereocenters. The number of rotatable bonds is 2. The number of furan rings is 1. The zero-order valence-electron chi connectivity index (χ0n) is 41.7. The van der Waals surface area contributed by atoms with Crippen LogP contribution in [0.25, 0.3) is 53.2 Å². The Balaban J connectivity index is 1.24. The van der Waals surface area contributed by atoms with Crippen molar-refractivity contribution in [2.45, 2.75) is 130 Å². The van der Waals surface area contributed by atoms with Crippen molar-refractivity contribution in [1.29, 1.82) is 0 Å². The highest BCUT2D eigenvalue weighted by Crippen LogP contribution is 2.55. The fourth-order valence-corrected chi connectivity index (χ4v) is 12.9. The third kappa shape index (κ3) is 6.36. The van der Waals surface area contributed by atoms with E-state index in [1.54, 1.807) is 0 Å². The van der Waals surface area contributed by atoms with Crippen LogP contribution in [0.5, 0.6) is 0 Å². The summed E-state index contributed by atoms with van der Waals surface area (Å²) in [5.41, 5.74) is 20.1. The molecule has 4 heterocycles. The molecule has 7 aromatic carbocycles. The van der Waals surface area contributed by atoms with Gasteiger partial charge in [-0.1, -0.05) is 145 Å². The highest BCUT2D eigenvalue weighted by Gasteiger charge is 2.47. The fraction of sp³-hybridized carbons (Fsp3) is 0.323. The van der Waals surface area contributed by atoms with E-state index < -0.39 is 0 Å². The molecule has 0 fully saturated rings. The lowest BCUT2D eigenvalue weighted by molar-refractivity contribution is 0.332. The molecule has 12 rings (SSSR count). The van der Waals surface area contributed by atoms with Gasteiger partial charge in [-0.2, -0.15) is 0 Å². The minimum absolute atomic E-state index is 0.0264. The van der Waals surface area contributed by atoms with Crippen LogP contribution >= 0.6 is 11.3 Å². The molecule has 0 radical (unpaired) electrons. The summed E-state index contributed by atoms with van der Waals surface area (Å²) in [4.78, 5) is 5.25. The van der Waals surface area contributed by atoms with Crippen LogP contribution in [-0.4, -0.2) is 6.85 Å². The molecular formula is C62H63BN2OS. The average molecular weight is 895 g/mol. The highest BCUT2D eigenvalue weighted by atomic mass is 32.1. The van der Waals surface area contributed by atoms with Gasteiger partial charge in [0.15, 0.2) is 0 Å². The van der Waals surface area contributed by atoms with E-state index in [0.717, 1.165) is 27.6 Å². The molecule has 3 nitrogen and oxygen atoms in total. The first-order valence-corrected chi connectivity index (χ1v) is 25.4. The zero-order valence-corrected chi connectivity index (χ0v) is 42.6. The van der Waals surface area contributed by atoms with Gasteiger partial charge in [0, 0.05) is 70.5 Å². The second kappa shape index (κ2) is 13.9. The van der Waals surface area contributed by atoms with Crippen LogP contribution in [0.4, 0.5) is 28.4 Å². The molecule has 2 aromatic heterocycles. The van der Waals surface area contributed by atoms with Crippen LogP contribution in [0.15, 0.2) is 126 Å². The van der Waals surface area contributed by atoms with Crippen LogP contribution in [-0.2, 0) is 27.1 Å². The Labute approximate surface area is 401 Å². The van der Waals surface area contributed by atoms with Crippen molar-refractivity contribution in [1.82, 2.24) is 0 Å². The number of thiophene rings is 1. The summed E-state index contributed by atoms with van der Waals surface area (Å²) in [6.07, 6.45) is 2.39. The van der Waals surface area contributed by atoms with Crippen LogP contribution in [0.2, 0.25) is 0 Å². The van der Waals surface area contributed by atoms with Crippen molar-refractivity contribution in [3.63, 3.8) is 0 Å². The van der Waals surface area contributed by atoms with E-state index in [4.69, 9.17) is 4.42 Å². The lowest BCUT2D eigenvalue weighted by atomic mass is 9.43. The van der Waals surface area contributed by atoms with Crippen LogP contribution < -0.4 is 20.6 Å². The maximum absolute atomic E-state index is 7.21. The van der Waals surface area contributed by atoms with E-state index >= 15 is 0 Å². The van der Waals surface area contributed by atoms with Crippen molar-refractivity contribution >= 4 is 99.7 Å². The van der Waals surface area contributed by atoms with Crippen molar-refractivity contribution in [2.75, 3.05) is 9.71 Å². The SMILES string of the molecule is CC(C)(C)c1ccc(N2B3c4cc(C(C)(C)C)ccc4N(c4ccc(C(C)(C)C)cc4)c4cc5c(oc6ccccc65)c(c43)-c3cc4c(cc32)sc2cc3c(cc24)C(C)(C)CCC3(C)C)cc1. The molecule has 9 aromatic rings. The molecule has 3 aliphatic rings. The third-order valence-electron chi connectivity index (χ3n) is 16.0. The van der Waals surface area contributed by atoms with E-state index in [1.807, 2.05) is 11.3 Å². The van der Waals surface area contributed by atoms with E-state index in [0.29, 0.717) is 0 Å². The quantitative estimate of drug-likeness (QED) is 0.161. The smallest absolute Gasteiger partial charge is 0.333 e. The lowest BCUT2D eigenvalue weighted by Crippen LogP contribution is -2.61. The second-order valence-electron chi connectivity index (χ2n) is 24.5. The van der Waals surface area contributed by atoms with Gasteiger partial charge in [-0.05, 0) is 145 Å². The number of benzene rings is 7. The molecule has 0 amide bonds. The number of anilines is 5. The zero-order chi connectivity index (χ0) is 46.9. The molecular weight excluding hydrogens is 832 g/mol. The standard InChI is InChI=1S/C62H63BN2OS/c1-58(2,3)36-18-23-39(24-19-36)64-49-27-22-38(60(7,8)9)30-48(49)63-56-51(64)33-44-41-16-14-15-17-52(41)66-57(44)55(56)45-31-42-43-32-46-47(62(12,13)29-28-61(46,10)11)34-53(43)67-54(42)35-50(45)65(63)40-25-20-37(21-26-40)59(4,5)6/h14-27,30-35H,28-29H2,1-13H3. The van der Waals surface area contributed by atoms with Crippen LogP contribution in [0.3, 0.4) is 0 Å². The van der Waals surface area contributed by atoms with Crippen LogP contribution in [0.1, 0.15) is 131 Å². The molecule has 0 bridgehead atoms. The Bertz CT molecular complexity index is 3530. The molecule has 67 heavy (non-hydrogen) atoms. The highest BCUT2D eigenvalue weighted by molar-refractivity contribution is 7.25. The monoisotopic (exact) mass is 894 g/mol. The largest absolute Gasteiger partial charge is 0.455 e. The molecule has 5 heteroatoms. The van der Waals surface area contributed by atoms with Gasteiger partial charge in [-0.3, -0.25) is 0 Å². The van der Waals surface area contributed by atoms with Crippen molar-refractivity contribution < 1.29 is 4.42 Å². The Morgan fingerprint density at radius 2 is 1.09 bits per heavy atom. The predicted molar refractivity (Wildman–Crippen MR) is 292 cm³/mol. The number of hydrogen-bond acceptors (Lipinski definition) is 4. The van der Waals surface area contributed by atoms with E-state index in [2.05, 4.69) is 221 Å². The van der Waals surface area contributed by atoms with E-state index in [9.17, 15) is 0 Å². The molecule has 336 valence electrons. The Morgan fingerprint density at radius 1 is 0.522 bits per heavy atom. The summed E-state index contributed by atoms with van der Waals surface area (Å²) in [6, 6.07) is 47.5. The Morgan fingerprint density at radius 3 is 1.73 bits per heavy atom. The van der Waals surface area contributed by atoms with Crippen LogP contribution in [0, 0.1) is 0 Å². The average Bonchev–Trinajstić information content (AvgIpc) is 3.83. The van der Waals surface area contributed by atoms with Gasteiger partial charge in [0.05, 0.1) is 0 Å². The minimum atomic E-state index is -0.140. The molecule has 0 spiro atoms. The maximum Gasteiger partial charge on any atom is 0.333 e. The minimum Gasteiger partial charge on any atom is -0.455 e. The van der Waals surface area contributed by atoms with Crippen molar-refractivity contribution in [3.8, 4) is 11.1 Å². The first-order chi connectivity index (χ1) is 31.6. The number of para-hydroxylation sites is 1. The second-order valence-corrected chi connectivity index (χ2v) is 25.6. The fourth-order valence-electron chi connectivity index (χ4n) is 11.8. The van der Waals surface area contributed by atoms with Gasteiger partial charge < -0.3 is 14.1 Å². The van der Waals surface area contributed by atoms with Gasteiger partial charge in [0.1, 0.15) is 11.2 Å². The summed E-state index contributed by atoms with van der Waals surface area (Å²) >= 11 is 1.96. The third-order valence-corrected chi connectivity index (χ3v) is 17.1. The molecule has 0 saturated carbocycles. The molecule has 0 saturated heterocycles. The van der Waals surface area contributed by atoms with Gasteiger partial charge in [-0.15, -0.1) is 11.3 Å². The maximum atomic E-state index is 7.21. The van der Waals surface area contributed by atoms with E-state index in [-0.39, 0.29) is 33.9 Å².